The van der Waals surface area contributed by atoms with Gasteiger partial charge in [0.05, 0.1) is 29.7 Å². The third kappa shape index (κ3) is 3.60. The summed E-state index contributed by atoms with van der Waals surface area (Å²) >= 11 is 0. The Bertz CT molecular complexity index is 1540. The van der Waals surface area contributed by atoms with Crippen molar-refractivity contribution in [2.45, 2.75) is 38.0 Å². The van der Waals surface area contributed by atoms with E-state index in [4.69, 9.17) is 8.85 Å². The molecule has 2 aliphatic heterocycles. The Kier molecular flexibility index (Phi) is 4.25. The SMILES string of the molecule is [2H]C([2H])([2H])N1C(=O)c2cccc(OC(F)F)c2[C@H]2C[C@@H]1c1nc3ccc(C#CCNC(=O)C4CC4)cc3n12. The summed E-state index contributed by atoms with van der Waals surface area (Å²) in [5.74, 6) is 5.43. The Hall–Kier alpha value is -3.93. The van der Waals surface area contributed by atoms with Gasteiger partial charge in [0.15, 0.2) is 0 Å². The molecule has 1 saturated carbocycles. The number of ether oxygens (including phenoxy) is 1. The van der Waals surface area contributed by atoms with Gasteiger partial charge in [0.25, 0.3) is 5.91 Å². The minimum Gasteiger partial charge on any atom is -0.434 e. The molecular formula is C26H22F2N4O3. The number of carbonyl (C=O) groups excluding carboxylic acids is 2. The lowest BCUT2D eigenvalue weighted by atomic mass is 9.97. The third-order valence-corrected chi connectivity index (χ3v) is 6.68. The fourth-order valence-corrected chi connectivity index (χ4v) is 4.95. The van der Waals surface area contributed by atoms with Gasteiger partial charge < -0.3 is 19.5 Å². The Morgan fingerprint density at radius 3 is 2.94 bits per heavy atom. The first kappa shape index (κ1) is 18.4. The van der Waals surface area contributed by atoms with E-state index in [0.717, 1.165) is 17.7 Å². The fourth-order valence-electron chi connectivity index (χ4n) is 4.95. The van der Waals surface area contributed by atoms with Crippen LogP contribution in [0, 0.1) is 17.8 Å². The van der Waals surface area contributed by atoms with Crippen molar-refractivity contribution >= 4 is 22.8 Å². The summed E-state index contributed by atoms with van der Waals surface area (Å²) in [5.41, 5.74) is 2.02. The van der Waals surface area contributed by atoms with Crippen LogP contribution in [0.5, 0.6) is 5.75 Å². The molecule has 0 unspecified atom stereocenters. The second-order valence-electron chi connectivity index (χ2n) is 8.88. The van der Waals surface area contributed by atoms with E-state index < -0.39 is 31.6 Å². The van der Waals surface area contributed by atoms with Crippen molar-refractivity contribution < 1.29 is 27.2 Å². The molecule has 0 spiro atoms. The van der Waals surface area contributed by atoms with Crippen molar-refractivity contribution in [2.24, 2.45) is 5.92 Å². The second kappa shape index (κ2) is 8.08. The first-order valence-electron chi connectivity index (χ1n) is 12.8. The normalized spacial score (nSPS) is 21.9. The molecule has 0 saturated heterocycles. The van der Waals surface area contributed by atoms with Crippen molar-refractivity contribution in [1.82, 2.24) is 19.8 Å². The summed E-state index contributed by atoms with van der Waals surface area (Å²) in [6.45, 7) is -5.71. The van der Waals surface area contributed by atoms with E-state index in [0.29, 0.717) is 22.4 Å². The van der Waals surface area contributed by atoms with E-state index in [1.165, 1.54) is 18.2 Å². The predicted molar refractivity (Wildman–Crippen MR) is 123 cm³/mol. The minimum atomic E-state index is -3.13. The quantitative estimate of drug-likeness (QED) is 0.580. The molecule has 1 aromatic heterocycles. The van der Waals surface area contributed by atoms with Gasteiger partial charge in [0, 0.05) is 40.1 Å². The van der Waals surface area contributed by atoms with Gasteiger partial charge in [-0.2, -0.15) is 8.78 Å². The number of hydrogen-bond acceptors (Lipinski definition) is 4. The number of benzene rings is 2. The largest absolute Gasteiger partial charge is 0.434 e. The summed E-state index contributed by atoms with van der Waals surface area (Å²) < 4.78 is 57.5. The van der Waals surface area contributed by atoms with Crippen LogP contribution in [0.4, 0.5) is 8.78 Å². The lowest BCUT2D eigenvalue weighted by Gasteiger charge is -2.24. The number of hydrogen-bond donors (Lipinski definition) is 1. The third-order valence-electron chi connectivity index (χ3n) is 6.68. The molecule has 178 valence electrons. The second-order valence-corrected chi connectivity index (χ2v) is 8.88. The van der Waals surface area contributed by atoms with E-state index in [1.807, 2.05) is 0 Å². The maximum atomic E-state index is 13.5. The van der Waals surface area contributed by atoms with Crippen molar-refractivity contribution in [2.75, 3.05) is 13.5 Å². The summed E-state index contributed by atoms with van der Waals surface area (Å²) in [6, 6.07) is 7.90. The lowest BCUT2D eigenvalue weighted by Crippen LogP contribution is -2.30. The van der Waals surface area contributed by atoms with Gasteiger partial charge in [-0.1, -0.05) is 17.9 Å². The molecule has 3 aromatic rings. The molecule has 1 fully saturated rings. The van der Waals surface area contributed by atoms with Gasteiger partial charge >= 0.3 is 6.61 Å². The lowest BCUT2D eigenvalue weighted by molar-refractivity contribution is -0.122. The molecule has 9 heteroatoms. The molecule has 2 atom stereocenters. The average Bonchev–Trinajstić information content (AvgIpc) is 3.58. The molecule has 3 aliphatic rings. The van der Waals surface area contributed by atoms with Gasteiger partial charge in [-0.05, 0) is 43.2 Å². The van der Waals surface area contributed by atoms with Crippen molar-refractivity contribution in [1.29, 1.82) is 0 Å². The number of fused-ring (bicyclic) bond motifs is 9. The Labute approximate surface area is 204 Å². The van der Waals surface area contributed by atoms with Crippen LogP contribution >= 0.6 is 0 Å². The highest BCUT2D eigenvalue weighted by Gasteiger charge is 2.45. The average molecular weight is 480 g/mol. The maximum Gasteiger partial charge on any atom is 0.387 e. The minimum absolute atomic E-state index is 0.000506. The summed E-state index contributed by atoms with van der Waals surface area (Å²) in [7, 11) is 0. The Balaban J connectivity index is 1.46. The number of amides is 2. The van der Waals surface area contributed by atoms with Gasteiger partial charge in [-0.15, -0.1) is 0 Å². The fraction of sp³-hybridized carbons (Fsp3) is 0.346. The molecule has 7 nitrogen and oxygen atoms in total. The van der Waals surface area contributed by atoms with Crippen molar-refractivity contribution in [3.63, 3.8) is 0 Å². The molecular weight excluding hydrogens is 454 g/mol. The highest BCUT2D eigenvalue weighted by atomic mass is 19.3. The maximum absolute atomic E-state index is 13.5. The van der Waals surface area contributed by atoms with Gasteiger partial charge in [0.2, 0.25) is 5.91 Å². The number of alkyl halides is 2. The molecule has 2 amide bonds. The molecule has 6 rings (SSSR count). The molecule has 1 N–H and O–H groups in total. The van der Waals surface area contributed by atoms with Crippen LogP contribution in [-0.2, 0) is 4.79 Å². The van der Waals surface area contributed by atoms with Gasteiger partial charge in [-0.25, -0.2) is 4.98 Å². The van der Waals surface area contributed by atoms with Crippen LogP contribution in [0.2, 0.25) is 0 Å². The van der Waals surface area contributed by atoms with E-state index >= 15 is 0 Å². The summed E-state index contributed by atoms with van der Waals surface area (Å²) in [4.78, 5) is 30.7. The summed E-state index contributed by atoms with van der Waals surface area (Å²) in [6.07, 6.45) is 1.95. The molecule has 0 radical (unpaired) electrons. The molecule has 2 bridgehead atoms. The predicted octanol–water partition coefficient (Wildman–Crippen LogP) is 3.64. The number of rotatable bonds is 4. The zero-order valence-electron chi connectivity index (χ0n) is 21.4. The summed E-state index contributed by atoms with van der Waals surface area (Å²) in [5, 5.41) is 2.79. The number of carbonyl (C=O) groups is 2. The number of nitrogens with one attached hydrogen (secondary N) is 1. The van der Waals surface area contributed by atoms with Crippen LogP contribution in [0.15, 0.2) is 36.4 Å². The van der Waals surface area contributed by atoms with Crippen molar-refractivity contribution in [3.05, 3.63) is 58.9 Å². The zero-order valence-corrected chi connectivity index (χ0v) is 18.4. The Morgan fingerprint density at radius 1 is 1.31 bits per heavy atom. The number of halogens is 2. The number of imidazole rings is 1. The van der Waals surface area contributed by atoms with E-state index in [-0.39, 0.29) is 41.7 Å². The standard InChI is InChI=1S/C26H22F2N4O3/c1-31-20-13-19(22-16(25(31)34)5-2-6-21(22)35-26(27)28)32-18-12-14(7-10-17(18)30-23(20)32)4-3-11-29-24(33)15-8-9-15/h2,5-7,10,12,15,19-20,26H,8-9,11,13H2,1H3,(H,29,33)/t19-,20-/m1/s1/i1D3. The van der Waals surface area contributed by atoms with E-state index in [1.54, 1.807) is 22.8 Å². The molecule has 2 aromatic carbocycles. The van der Waals surface area contributed by atoms with Crippen LogP contribution in [0.3, 0.4) is 0 Å². The van der Waals surface area contributed by atoms with E-state index in [9.17, 15) is 18.4 Å². The molecule has 3 heterocycles. The van der Waals surface area contributed by atoms with Crippen LogP contribution in [0.25, 0.3) is 11.0 Å². The van der Waals surface area contributed by atoms with Crippen LogP contribution < -0.4 is 10.1 Å². The first-order chi connectivity index (χ1) is 18.1. The monoisotopic (exact) mass is 479 g/mol. The highest BCUT2D eigenvalue weighted by molar-refractivity contribution is 5.97. The number of aromatic nitrogens is 2. The van der Waals surface area contributed by atoms with Crippen molar-refractivity contribution in [3.8, 4) is 17.6 Å². The van der Waals surface area contributed by atoms with E-state index in [2.05, 4.69) is 22.1 Å². The highest BCUT2D eigenvalue weighted by Crippen LogP contribution is 2.49. The number of nitrogens with zero attached hydrogens (tertiary/aromatic N) is 3. The van der Waals surface area contributed by atoms with Crippen LogP contribution in [0.1, 0.15) is 62.8 Å². The zero-order chi connectivity index (χ0) is 26.8. The molecule has 35 heavy (non-hydrogen) atoms. The van der Waals surface area contributed by atoms with Gasteiger partial charge in [0.1, 0.15) is 11.6 Å². The van der Waals surface area contributed by atoms with Gasteiger partial charge in [-0.3, -0.25) is 9.59 Å². The Morgan fingerprint density at radius 2 is 2.17 bits per heavy atom. The first-order valence-corrected chi connectivity index (χ1v) is 11.3. The molecule has 1 aliphatic carbocycles. The smallest absolute Gasteiger partial charge is 0.387 e. The topological polar surface area (TPSA) is 76.5 Å². The van der Waals surface area contributed by atoms with Crippen LogP contribution in [-0.4, -0.2) is 46.4 Å².